The summed E-state index contributed by atoms with van der Waals surface area (Å²) in [6.45, 7) is 11.9. The van der Waals surface area contributed by atoms with Gasteiger partial charge in [-0.3, -0.25) is 4.98 Å². The normalized spacial score (nSPS) is 12.4. The Morgan fingerprint density at radius 3 is 2.50 bits per heavy atom. The van der Waals surface area contributed by atoms with Crippen LogP contribution in [0.2, 0.25) is 18.1 Å². The van der Waals surface area contributed by atoms with Gasteiger partial charge in [0.05, 0.1) is 12.3 Å². The summed E-state index contributed by atoms with van der Waals surface area (Å²) in [6, 6.07) is 11.9. The lowest BCUT2D eigenvalue weighted by Crippen LogP contribution is -2.40. The van der Waals surface area contributed by atoms with E-state index in [2.05, 4.69) is 44.9 Å². The smallest absolute Gasteiger partial charge is 0.192 e. The van der Waals surface area contributed by atoms with Gasteiger partial charge in [0.1, 0.15) is 0 Å². The van der Waals surface area contributed by atoms with Crippen LogP contribution in [0.4, 0.5) is 5.69 Å². The van der Waals surface area contributed by atoms with Gasteiger partial charge in [0, 0.05) is 23.0 Å². The van der Waals surface area contributed by atoms with Gasteiger partial charge in [0.25, 0.3) is 0 Å². The molecule has 1 heterocycles. The average Bonchev–Trinajstić information content (AvgIpc) is 2.44. The van der Waals surface area contributed by atoms with E-state index in [0.717, 1.165) is 22.5 Å². The van der Waals surface area contributed by atoms with Crippen molar-refractivity contribution >= 4 is 14.0 Å². The van der Waals surface area contributed by atoms with Crippen LogP contribution >= 0.6 is 0 Å². The number of benzene rings is 1. The molecule has 0 radical (unpaired) electrons. The minimum Gasteiger partial charge on any atom is -0.412 e. The molecule has 22 heavy (non-hydrogen) atoms. The first-order valence-corrected chi connectivity index (χ1v) is 10.6. The molecule has 2 N–H and O–H groups in total. The third kappa shape index (κ3) is 3.75. The highest BCUT2D eigenvalue weighted by atomic mass is 28.4. The van der Waals surface area contributed by atoms with Crippen molar-refractivity contribution in [1.29, 1.82) is 0 Å². The Kier molecular flexibility index (Phi) is 4.73. The van der Waals surface area contributed by atoms with Crippen molar-refractivity contribution in [3.05, 3.63) is 48.2 Å². The summed E-state index contributed by atoms with van der Waals surface area (Å²) >= 11 is 0. The van der Waals surface area contributed by atoms with Gasteiger partial charge >= 0.3 is 0 Å². The Morgan fingerprint density at radius 2 is 1.86 bits per heavy atom. The van der Waals surface area contributed by atoms with E-state index in [1.807, 2.05) is 36.5 Å². The molecule has 0 atom stereocenters. The number of anilines is 1. The summed E-state index contributed by atoms with van der Waals surface area (Å²) in [7, 11) is -1.77. The molecular formula is C18H26N2OSi. The maximum Gasteiger partial charge on any atom is 0.192 e. The number of aromatic nitrogens is 1. The number of hydrogen-bond acceptors (Lipinski definition) is 3. The number of nitrogen functional groups attached to an aromatic ring is 1. The first kappa shape index (κ1) is 16.7. The van der Waals surface area contributed by atoms with E-state index < -0.39 is 8.32 Å². The molecule has 0 saturated carbocycles. The molecule has 0 aliphatic carbocycles. The third-order valence-corrected chi connectivity index (χ3v) is 8.92. The Morgan fingerprint density at radius 1 is 1.14 bits per heavy atom. The molecule has 1 aromatic heterocycles. The minimum absolute atomic E-state index is 0.201. The standard InChI is InChI=1S/C18H26N2OSi/c1-18(2,3)22(4,5)21-13-15-9-7-11-20-17(15)14-8-6-10-16(19)12-14/h6-12H,13,19H2,1-5H3. The summed E-state index contributed by atoms with van der Waals surface area (Å²) in [5.74, 6) is 0. The molecule has 118 valence electrons. The van der Waals surface area contributed by atoms with E-state index in [1.165, 1.54) is 0 Å². The monoisotopic (exact) mass is 314 g/mol. The van der Waals surface area contributed by atoms with Crippen molar-refractivity contribution in [1.82, 2.24) is 4.98 Å². The van der Waals surface area contributed by atoms with Crippen molar-refractivity contribution in [3.63, 3.8) is 0 Å². The summed E-state index contributed by atoms with van der Waals surface area (Å²) < 4.78 is 6.34. The maximum atomic E-state index is 6.34. The SMILES string of the molecule is CC(C)(C)[Si](C)(C)OCc1cccnc1-c1cccc(N)c1. The predicted octanol–water partition coefficient (Wildman–Crippen LogP) is 4.85. The highest BCUT2D eigenvalue weighted by Gasteiger charge is 2.37. The fourth-order valence-electron chi connectivity index (χ4n) is 1.98. The van der Waals surface area contributed by atoms with E-state index >= 15 is 0 Å². The molecule has 0 bridgehead atoms. The molecule has 0 unspecified atom stereocenters. The van der Waals surface area contributed by atoms with Gasteiger partial charge in [-0.15, -0.1) is 0 Å². The maximum absolute atomic E-state index is 6.34. The molecule has 4 heteroatoms. The molecule has 1 aromatic carbocycles. The average molecular weight is 315 g/mol. The third-order valence-electron chi connectivity index (χ3n) is 4.45. The first-order chi connectivity index (χ1) is 10.2. The highest BCUT2D eigenvalue weighted by Crippen LogP contribution is 2.37. The topological polar surface area (TPSA) is 48.1 Å². The van der Waals surface area contributed by atoms with Crippen molar-refractivity contribution in [2.45, 2.75) is 45.5 Å². The van der Waals surface area contributed by atoms with E-state index in [-0.39, 0.29) is 5.04 Å². The van der Waals surface area contributed by atoms with Crippen LogP contribution in [0.15, 0.2) is 42.6 Å². The van der Waals surface area contributed by atoms with Gasteiger partial charge in [0.15, 0.2) is 8.32 Å². The van der Waals surface area contributed by atoms with Crippen molar-refractivity contribution in [2.75, 3.05) is 5.73 Å². The van der Waals surface area contributed by atoms with Crippen LogP contribution in [-0.2, 0) is 11.0 Å². The number of nitrogens with zero attached hydrogens (tertiary/aromatic N) is 1. The lowest BCUT2D eigenvalue weighted by Gasteiger charge is -2.36. The van der Waals surface area contributed by atoms with Gasteiger partial charge in [-0.2, -0.15) is 0 Å². The fourth-order valence-corrected chi connectivity index (χ4v) is 2.93. The minimum atomic E-state index is -1.77. The molecule has 2 aromatic rings. The van der Waals surface area contributed by atoms with Crippen molar-refractivity contribution in [2.24, 2.45) is 0 Å². The summed E-state index contributed by atoms with van der Waals surface area (Å²) in [6.07, 6.45) is 1.81. The van der Waals surface area contributed by atoms with Gasteiger partial charge in [-0.05, 0) is 36.3 Å². The Labute approximate surface area is 134 Å². The Balaban J connectivity index is 2.27. The van der Waals surface area contributed by atoms with Gasteiger partial charge < -0.3 is 10.2 Å². The molecule has 0 fully saturated rings. The molecule has 0 saturated heterocycles. The second-order valence-electron chi connectivity index (χ2n) is 7.19. The second-order valence-corrected chi connectivity index (χ2v) is 12.0. The molecule has 2 rings (SSSR count). The molecule has 0 amide bonds. The molecule has 3 nitrogen and oxygen atoms in total. The zero-order valence-electron chi connectivity index (χ0n) is 14.2. The summed E-state index contributed by atoms with van der Waals surface area (Å²) in [4.78, 5) is 4.53. The zero-order chi connectivity index (χ0) is 16.4. The molecule has 0 aliphatic heterocycles. The lowest BCUT2D eigenvalue weighted by molar-refractivity contribution is 0.276. The van der Waals surface area contributed by atoms with Crippen LogP contribution in [0.1, 0.15) is 26.3 Å². The predicted molar refractivity (Wildman–Crippen MR) is 96.1 cm³/mol. The second kappa shape index (κ2) is 6.22. The van der Waals surface area contributed by atoms with E-state index in [0.29, 0.717) is 6.61 Å². The summed E-state index contributed by atoms with van der Waals surface area (Å²) in [5.41, 5.74) is 9.74. The number of pyridine rings is 1. The van der Waals surface area contributed by atoms with Gasteiger partial charge in [0.2, 0.25) is 0 Å². The zero-order valence-corrected chi connectivity index (χ0v) is 15.2. The van der Waals surface area contributed by atoms with E-state index in [1.54, 1.807) is 0 Å². The number of rotatable bonds is 4. The summed E-state index contributed by atoms with van der Waals surface area (Å²) in [5, 5.41) is 0.201. The first-order valence-electron chi connectivity index (χ1n) is 7.64. The lowest BCUT2D eigenvalue weighted by atomic mass is 10.1. The van der Waals surface area contributed by atoms with Gasteiger partial charge in [-0.25, -0.2) is 0 Å². The van der Waals surface area contributed by atoms with Crippen LogP contribution < -0.4 is 5.73 Å². The molecular weight excluding hydrogens is 288 g/mol. The van der Waals surface area contributed by atoms with Gasteiger partial charge in [-0.1, -0.05) is 39.0 Å². The number of nitrogens with two attached hydrogens (primary N) is 1. The molecule has 0 spiro atoms. The molecule has 0 aliphatic rings. The fraction of sp³-hybridized carbons (Fsp3) is 0.389. The van der Waals surface area contributed by atoms with Crippen LogP contribution in [0.25, 0.3) is 11.3 Å². The van der Waals surface area contributed by atoms with E-state index in [4.69, 9.17) is 10.2 Å². The van der Waals surface area contributed by atoms with Crippen molar-refractivity contribution < 1.29 is 4.43 Å². The van der Waals surface area contributed by atoms with Crippen LogP contribution in [-0.4, -0.2) is 13.3 Å². The Hall–Kier alpha value is -1.65. The quantitative estimate of drug-likeness (QED) is 0.648. The van der Waals surface area contributed by atoms with Crippen molar-refractivity contribution in [3.8, 4) is 11.3 Å². The van der Waals surface area contributed by atoms with Crippen LogP contribution in [0.3, 0.4) is 0 Å². The van der Waals surface area contributed by atoms with Crippen LogP contribution in [0.5, 0.6) is 0 Å². The van der Waals surface area contributed by atoms with Crippen LogP contribution in [0, 0.1) is 0 Å². The van der Waals surface area contributed by atoms with E-state index in [9.17, 15) is 0 Å². The number of hydrogen-bond donors (Lipinski definition) is 1. The Bertz CT molecular complexity index is 648. The largest absolute Gasteiger partial charge is 0.412 e. The highest BCUT2D eigenvalue weighted by molar-refractivity contribution is 6.74.